The smallest absolute Gasteiger partial charge is 0.328 e. The molecule has 1 amide bonds. The average molecular weight is 1070 g/mol. The number of hydrogen-bond donors (Lipinski definition) is 8. The van der Waals surface area contributed by atoms with Gasteiger partial charge in [-0.15, -0.1) is 0 Å². The molecule has 13 nitrogen and oxygen atoms in total. The number of aromatic nitrogens is 2. The van der Waals surface area contributed by atoms with Crippen molar-refractivity contribution >= 4 is 45.8 Å². The number of para-hydroxylation sites is 2. The maximum absolute atomic E-state index is 13.4. The molecule has 4 aliphatic rings. The topological polar surface area (TPSA) is 189 Å². The van der Waals surface area contributed by atoms with Crippen LogP contribution in [-0.2, 0) is 9.59 Å². The summed E-state index contributed by atoms with van der Waals surface area (Å²) in [5, 5.41) is 57.3. The lowest BCUT2D eigenvalue weighted by Gasteiger charge is -2.43. The lowest BCUT2D eigenvalue weighted by molar-refractivity contribution is -0.140. The number of hydrogen-bond acceptors (Lipinski definition) is 9. The Morgan fingerprint density at radius 3 is 1.39 bits per heavy atom. The maximum Gasteiger partial charge on any atom is 0.328 e. The van der Waals surface area contributed by atoms with Gasteiger partial charge in [-0.2, -0.15) is 0 Å². The Hall–Kier alpha value is -6.32. The number of carboxylic acid groups (broad SMARTS) is 1. The van der Waals surface area contributed by atoms with Crippen LogP contribution >= 0.6 is 0 Å². The van der Waals surface area contributed by atoms with Gasteiger partial charge in [-0.05, 0) is 173 Å². The van der Waals surface area contributed by atoms with Crippen LogP contribution in [0.5, 0.6) is 0 Å². The van der Waals surface area contributed by atoms with E-state index in [2.05, 4.69) is 79.9 Å². The molecule has 4 aliphatic heterocycles. The van der Waals surface area contributed by atoms with Crippen LogP contribution in [0.15, 0.2) is 97.3 Å². The van der Waals surface area contributed by atoms with Gasteiger partial charge < -0.3 is 55.5 Å². The molecular weight excluding hydrogens is 1010 g/mol. The number of carbonyl (C=O) groups excluding carboxylic acids is 1. The first-order valence-electron chi connectivity index (χ1n) is 26.1. The van der Waals surface area contributed by atoms with Gasteiger partial charge in [0.15, 0.2) is 34.9 Å². The number of nitrogens with one attached hydrogen (secondary N) is 3. The SMILES string of the molecule is O=C(/C=C/c1cc(F)c(F)c(F)c1)N1CCC(O)(C(O)CN2CCC(c3c[nH]c4ccccc34)CC2)CC1.O=C(O)/C=C/c1cc(F)c(F)c(F)c1.OC(CN1CCC(c2c[nH]c3ccccc23)CC1)C1(O)CCNCC1. The van der Waals surface area contributed by atoms with Crippen LogP contribution in [0.3, 0.4) is 0 Å². The highest BCUT2D eigenvalue weighted by Crippen LogP contribution is 2.36. The van der Waals surface area contributed by atoms with Gasteiger partial charge in [0, 0.05) is 72.5 Å². The van der Waals surface area contributed by atoms with Crippen LogP contribution in [-0.4, -0.2) is 151 Å². The van der Waals surface area contributed by atoms with Gasteiger partial charge >= 0.3 is 5.97 Å². The number of carboxylic acids is 1. The fourth-order valence-corrected chi connectivity index (χ4v) is 11.0. The number of nitrogens with zero attached hydrogens (tertiary/aromatic N) is 3. The molecule has 0 spiro atoms. The molecule has 6 heterocycles. The van der Waals surface area contributed by atoms with Crippen molar-refractivity contribution in [1.29, 1.82) is 0 Å². The second-order valence-electron chi connectivity index (χ2n) is 20.6. The van der Waals surface area contributed by atoms with Crippen LogP contribution in [0, 0.1) is 34.9 Å². The minimum atomic E-state index is -1.57. The largest absolute Gasteiger partial charge is 0.478 e. The molecular formula is C58H66F6N6O7. The predicted octanol–water partition coefficient (Wildman–Crippen LogP) is 8.22. The number of fused-ring (bicyclic) bond motifs is 2. The molecule has 2 aromatic heterocycles. The summed E-state index contributed by atoms with van der Waals surface area (Å²) in [7, 11) is 0. The number of aliphatic hydroxyl groups excluding tert-OH is 2. The van der Waals surface area contributed by atoms with E-state index in [-0.39, 0.29) is 43.0 Å². The third kappa shape index (κ3) is 14.2. The molecule has 77 heavy (non-hydrogen) atoms. The van der Waals surface area contributed by atoms with E-state index in [1.165, 1.54) is 44.5 Å². The Morgan fingerprint density at radius 2 is 0.974 bits per heavy atom. The summed E-state index contributed by atoms with van der Waals surface area (Å²) in [6, 6.07) is 19.8. The van der Waals surface area contributed by atoms with Gasteiger partial charge in [-0.25, -0.2) is 31.1 Å². The summed E-state index contributed by atoms with van der Waals surface area (Å²) in [6.45, 7) is 6.63. The summed E-state index contributed by atoms with van der Waals surface area (Å²) in [5.41, 5.74) is 2.88. The molecule has 8 N–H and O–H groups in total. The second-order valence-corrected chi connectivity index (χ2v) is 20.6. The fourth-order valence-electron chi connectivity index (χ4n) is 11.0. The molecule has 10 rings (SSSR count). The molecule has 2 atom stereocenters. The van der Waals surface area contributed by atoms with E-state index in [1.54, 1.807) is 0 Å². The minimum Gasteiger partial charge on any atom is -0.478 e. The van der Waals surface area contributed by atoms with Crippen molar-refractivity contribution in [1.82, 2.24) is 30.0 Å². The number of H-pyrrole nitrogens is 2. The molecule has 4 aromatic carbocycles. The Kier molecular flexibility index (Phi) is 18.8. The maximum atomic E-state index is 13.4. The number of halogens is 6. The highest BCUT2D eigenvalue weighted by molar-refractivity contribution is 5.92. The van der Waals surface area contributed by atoms with E-state index in [9.17, 15) is 56.4 Å². The van der Waals surface area contributed by atoms with Gasteiger partial charge in [-0.3, -0.25) is 4.79 Å². The van der Waals surface area contributed by atoms with Crippen LogP contribution in [0.25, 0.3) is 34.0 Å². The number of β-amino-alcohol motifs (C(OH)–C–C–N with tert-alkyl or cyclic N) is 2. The molecule has 412 valence electrons. The second kappa shape index (κ2) is 25.4. The van der Waals surface area contributed by atoms with E-state index < -0.39 is 64.3 Å². The van der Waals surface area contributed by atoms with Gasteiger partial charge in [0.25, 0.3) is 0 Å². The van der Waals surface area contributed by atoms with Crippen LogP contribution in [0.1, 0.15) is 85.5 Å². The average Bonchev–Trinajstić information content (AvgIpc) is 4.08. The molecule has 4 fully saturated rings. The van der Waals surface area contributed by atoms with Crippen molar-refractivity contribution in [3.8, 4) is 0 Å². The quantitative estimate of drug-likeness (QED) is 0.0337. The van der Waals surface area contributed by atoms with Gasteiger partial charge in [-0.1, -0.05) is 36.4 Å². The molecule has 19 heteroatoms. The van der Waals surface area contributed by atoms with E-state index >= 15 is 0 Å². The minimum absolute atomic E-state index is 0.0344. The zero-order valence-corrected chi connectivity index (χ0v) is 42.6. The number of benzene rings is 4. The number of aromatic amines is 2. The van der Waals surface area contributed by atoms with E-state index in [0.29, 0.717) is 56.0 Å². The number of aliphatic carboxylic acids is 1. The van der Waals surface area contributed by atoms with Crippen molar-refractivity contribution in [2.24, 2.45) is 0 Å². The van der Waals surface area contributed by atoms with Crippen LogP contribution < -0.4 is 5.32 Å². The van der Waals surface area contributed by atoms with Crippen molar-refractivity contribution < 1.29 is 61.5 Å². The van der Waals surface area contributed by atoms with Crippen molar-refractivity contribution in [2.75, 3.05) is 65.4 Å². The highest BCUT2D eigenvalue weighted by Gasteiger charge is 2.41. The standard InChI is InChI=1S/C29H32F3N3O3.C20H29N3O2.C9H5F3O2/c30-23-15-19(16-24(31)28(23)32)5-6-27(37)35-13-9-29(38,10-14-35)26(36)18-34-11-7-20(8-12-34)22-17-33-25-4-2-1-3-21(22)25;24-19(20(25)7-9-21-10-8-20)14-23-11-5-15(6-12-23)17-13-22-18-4-2-1-3-16(17)18;10-6-3-5(1-2-8(13)14)4-7(11)9(6)12/h1-6,15-17,20,26,33,36,38H,7-14,18H2;1-4,13,15,19,21-22,24-25H,5-12,14H2;1-4H,(H,13,14)/b6-5+;;2-1+. The fraction of sp³-hybridized carbons (Fsp3) is 0.414. The Morgan fingerprint density at radius 1 is 0.584 bits per heavy atom. The van der Waals surface area contributed by atoms with Crippen LogP contribution in [0.2, 0.25) is 0 Å². The summed E-state index contributed by atoms with van der Waals surface area (Å²) >= 11 is 0. The predicted molar refractivity (Wildman–Crippen MR) is 282 cm³/mol. The summed E-state index contributed by atoms with van der Waals surface area (Å²) in [4.78, 5) is 35.4. The molecule has 0 radical (unpaired) electrons. The first kappa shape index (κ1) is 56.9. The van der Waals surface area contributed by atoms with E-state index in [4.69, 9.17) is 5.11 Å². The number of carbonyl (C=O) groups is 2. The normalized spacial score (nSPS) is 19.5. The Balaban J connectivity index is 0.000000172. The highest BCUT2D eigenvalue weighted by atomic mass is 19.2. The number of rotatable bonds is 12. The molecule has 4 saturated heterocycles. The third-order valence-corrected chi connectivity index (χ3v) is 15.7. The molecule has 0 bridgehead atoms. The number of likely N-dealkylation sites (tertiary alicyclic amines) is 3. The number of aliphatic hydroxyl groups is 4. The van der Waals surface area contributed by atoms with Gasteiger partial charge in [0.1, 0.15) is 0 Å². The first-order chi connectivity index (χ1) is 36.9. The Labute approximate surface area is 442 Å². The van der Waals surface area contributed by atoms with Crippen molar-refractivity contribution in [3.05, 3.63) is 154 Å². The third-order valence-electron chi connectivity index (χ3n) is 15.7. The Bertz CT molecular complexity index is 2980. The van der Waals surface area contributed by atoms with Gasteiger partial charge in [0.05, 0.1) is 23.4 Å². The van der Waals surface area contributed by atoms with E-state index in [0.717, 1.165) is 88.7 Å². The van der Waals surface area contributed by atoms with Crippen molar-refractivity contribution in [2.45, 2.75) is 86.6 Å². The lowest BCUT2D eigenvalue weighted by atomic mass is 9.84. The lowest BCUT2D eigenvalue weighted by Crippen LogP contribution is -2.56. The van der Waals surface area contributed by atoms with Crippen molar-refractivity contribution in [3.63, 3.8) is 0 Å². The molecule has 0 saturated carbocycles. The monoisotopic (exact) mass is 1070 g/mol. The molecule has 0 aliphatic carbocycles. The van der Waals surface area contributed by atoms with Gasteiger partial charge in [0.2, 0.25) is 5.91 Å². The molecule has 6 aromatic rings. The van der Waals surface area contributed by atoms with E-state index in [1.807, 2.05) is 6.07 Å². The number of piperidine rings is 4. The zero-order chi connectivity index (χ0) is 54.9. The molecule has 2 unspecified atom stereocenters. The first-order valence-corrected chi connectivity index (χ1v) is 26.1. The summed E-state index contributed by atoms with van der Waals surface area (Å²) < 4.78 is 77.4. The number of amides is 1. The van der Waals surface area contributed by atoms with Crippen LogP contribution in [0.4, 0.5) is 26.3 Å². The zero-order valence-electron chi connectivity index (χ0n) is 42.6. The summed E-state index contributed by atoms with van der Waals surface area (Å²) in [5.74, 6) is -9.09. The summed E-state index contributed by atoms with van der Waals surface area (Å²) in [6.07, 6.45) is 12.6.